The fourth-order valence-corrected chi connectivity index (χ4v) is 2.78. The van der Waals surface area contributed by atoms with Gasteiger partial charge in [-0.25, -0.2) is 0 Å². The van der Waals surface area contributed by atoms with Gasteiger partial charge in [0.2, 0.25) is 0 Å². The van der Waals surface area contributed by atoms with Gasteiger partial charge in [-0.2, -0.15) is 15.0 Å². The van der Waals surface area contributed by atoms with Gasteiger partial charge in [-0.1, -0.05) is 12.1 Å². The number of oxazole rings is 1. The molecule has 0 aliphatic carbocycles. The van der Waals surface area contributed by atoms with Gasteiger partial charge in [-0.05, 0) is 12.1 Å². The van der Waals surface area contributed by atoms with E-state index in [-0.39, 0.29) is 6.10 Å². The van der Waals surface area contributed by atoms with Gasteiger partial charge in [-0.3, -0.25) is 0 Å². The molecule has 24 heavy (non-hydrogen) atoms. The predicted molar refractivity (Wildman–Crippen MR) is 88.5 cm³/mol. The minimum Gasteiger partial charge on any atom is -0.494 e. The molecule has 0 saturated carbocycles. The number of fused-ring (bicyclic) bond motifs is 1. The molecule has 0 spiro atoms. The van der Waals surface area contributed by atoms with Crippen LogP contribution in [0.2, 0.25) is 0 Å². The van der Waals surface area contributed by atoms with E-state index in [1.165, 1.54) is 0 Å². The highest BCUT2D eigenvalue weighted by Crippen LogP contribution is 2.25. The molecule has 2 aromatic heterocycles. The third-order valence-corrected chi connectivity index (χ3v) is 4.11. The van der Waals surface area contributed by atoms with Gasteiger partial charge < -0.3 is 18.8 Å². The number of para-hydroxylation sites is 2. The SMILES string of the molecule is COc1cnc(OC2CCN(c3nc4ccccc4o3)CC2)nc1. The average molecular weight is 326 g/mol. The van der Waals surface area contributed by atoms with E-state index in [1.807, 2.05) is 24.3 Å². The molecule has 7 heteroatoms. The molecule has 0 bridgehead atoms. The number of aromatic nitrogens is 3. The maximum Gasteiger partial charge on any atom is 0.316 e. The minimum absolute atomic E-state index is 0.0963. The van der Waals surface area contributed by atoms with Crippen molar-refractivity contribution >= 4 is 17.1 Å². The molecule has 3 heterocycles. The highest BCUT2D eigenvalue weighted by molar-refractivity contribution is 5.74. The molecule has 1 aliphatic heterocycles. The van der Waals surface area contributed by atoms with Crippen LogP contribution in [0.4, 0.5) is 6.01 Å². The average Bonchev–Trinajstić information content (AvgIpc) is 3.07. The number of anilines is 1. The Hall–Kier alpha value is -2.83. The summed E-state index contributed by atoms with van der Waals surface area (Å²) in [6.07, 6.45) is 5.05. The summed E-state index contributed by atoms with van der Waals surface area (Å²) < 4.78 is 16.7. The number of nitrogens with zero attached hydrogens (tertiary/aromatic N) is 4. The Morgan fingerprint density at radius 2 is 1.88 bits per heavy atom. The smallest absolute Gasteiger partial charge is 0.316 e. The van der Waals surface area contributed by atoms with Crippen molar-refractivity contribution in [3.63, 3.8) is 0 Å². The molecule has 1 aromatic carbocycles. The lowest BCUT2D eigenvalue weighted by molar-refractivity contribution is 0.154. The zero-order valence-electron chi connectivity index (χ0n) is 13.4. The van der Waals surface area contributed by atoms with Crippen LogP contribution in [-0.4, -0.2) is 41.3 Å². The van der Waals surface area contributed by atoms with Crippen LogP contribution in [0.3, 0.4) is 0 Å². The number of benzene rings is 1. The van der Waals surface area contributed by atoms with Crippen LogP contribution in [0.1, 0.15) is 12.8 Å². The van der Waals surface area contributed by atoms with Crippen molar-refractivity contribution in [2.24, 2.45) is 0 Å². The van der Waals surface area contributed by atoms with E-state index in [0.717, 1.165) is 37.0 Å². The van der Waals surface area contributed by atoms with E-state index in [1.54, 1.807) is 19.5 Å². The molecule has 124 valence electrons. The predicted octanol–water partition coefficient (Wildman–Crippen LogP) is 2.67. The van der Waals surface area contributed by atoms with Crippen LogP contribution >= 0.6 is 0 Å². The third kappa shape index (κ3) is 2.97. The van der Waals surface area contributed by atoms with Crippen molar-refractivity contribution in [1.82, 2.24) is 15.0 Å². The van der Waals surface area contributed by atoms with Gasteiger partial charge in [0.1, 0.15) is 11.6 Å². The van der Waals surface area contributed by atoms with E-state index in [0.29, 0.717) is 17.8 Å². The normalized spacial score (nSPS) is 15.6. The van der Waals surface area contributed by atoms with Gasteiger partial charge in [0, 0.05) is 25.9 Å². The number of rotatable bonds is 4. The summed E-state index contributed by atoms with van der Waals surface area (Å²) in [6, 6.07) is 8.86. The van der Waals surface area contributed by atoms with Gasteiger partial charge in [0.15, 0.2) is 11.3 Å². The summed E-state index contributed by atoms with van der Waals surface area (Å²) in [4.78, 5) is 15.0. The number of ether oxygens (including phenoxy) is 2. The first-order chi connectivity index (χ1) is 11.8. The maximum atomic E-state index is 5.84. The Kier molecular flexibility index (Phi) is 3.90. The fraction of sp³-hybridized carbons (Fsp3) is 0.353. The number of hydrogen-bond donors (Lipinski definition) is 0. The topological polar surface area (TPSA) is 73.5 Å². The molecule has 0 amide bonds. The summed E-state index contributed by atoms with van der Waals surface area (Å²) in [7, 11) is 1.58. The van der Waals surface area contributed by atoms with Crippen LogP contribution in [0.15, 0.2) is 41.1 Å². The molecule has 0 atom stereocenters. The van der Waals surface area contributed by atoms with Crippen LogP contribution in [-0.2, 0) is 0 Å². The standard InChI is InChI=1S/C17H18N4O3/c1-22-13-10-18-16(19-11-13)23-12-6-8-21(9-7-12)17-20-14-4-2-3-5-15(14)24-17/h2-5,10-12H,6-9H2,1H3. The number of hydrogen-bond acceptors (Lipinski definition) is 7. The van der Waals surface area contributed by atoms with Crippen LogP contribution in [0, 0.1) is 0 Å². The van der Waals surface area contributed by atoms with E-state index in [9.17, 15) is 0 Å². The van der Waals surface area contributed by atoms with Crippen LogP contribution < -0.4 is 14.4 Å². The second-order valence-electron chi connectivity index (χ2n) is 5.67. The number of piperidine rings is 1. The molecule has 0 radical (unpaired) electrons. The molecule has 0 N–H and O–H groups in total. The third-order valence-electron chi connectivity index (χ3n) is 4.11. The molecule has 7 nitrogen and oxygen atoms in total. The van der Waals surface area contributed by atoms with Crippen LogP contribution in [0.25, 0.3) is 11.1 Å². The summed E-state index contributed by atoms with van der Waals surface area (Å²) in [5, 5.41) is 0. The molecule has 1 saturated heterocycles. The highest BCUT2D eigenvalue weighted by atomic mass is 16.5. The van der Waals surface area contributed by atoms with Crippen molar-refractivity contribution in [2.75, 3.05) is 25.1 Å². The Labute approximate surface area is 139 Å². The van der Waals surface area contributed by atoms with E-state index >= 15 is 0 Å². The monoisotopic (exact) mass is 326 g/mol. The van der Waals surface area contributed by atoms with Crippen molar-refractivity contribution < 1.29 is 13.9 Å². The zero-order chi connectivity index (χ0) is 16.4. The van der Waals surface area contributed by atoms with Gasteiger partial charge >= 0.3 is 6.01 Å². The zero-order valence-corrected chi connectivity index (χ0v) is 13.4. The van der Waals surface area contributed by atoms with Crippen LogP contribution in [0.5, 0.6) is 11.8 Å². The maximum absolute atomic E-state index is 5.84. The molecule has 3 aromatic rings. The Bertz CT molecular complexity index is 777. The van der Waals surface area contributed by atoms with E-state index < -0.39 is 0 Å². The molecule has 0 unspecified atom stereocenters. The van der Waals surface area contributed by atoms with E-state index in [4.69, 9.17) is 13.9 Å². The molecule has 1 aliphatic rings. The summed E-state index contributed by atoms with van der Waals surface area (Å²) in [5.41, 5.74) is 1.70. The van der Waals surface area contributed by atoms with Gasteiger partial charge in [0.25, 0.3) is 6.01 Å². The second-order valence-corrected chi connectivity index (χ2v) is 5.67. The molecule has 4 rings (SSSR count). The molecular weight excluding hydrogens is 308 g/mol. The first kappa shape index (κ1) is 14.7. The van der Waals surface area contributed by atoms with Crippen molar-refractivity contribution in [3.05, 3.63) is 36.7 Å². The van der Waals surface area contributed by atoms with Crippen molar-refractivity contribution in [1.29, 1.82) is 0 Å². The highest BCUT2D eigenvalue weighted by Gasteiger charge is 2.24. The van der Waals surface area contributed by atoms with E-state index in [2.05, 4.69) is 19.9 Å². The largest absolute Gasteiger partial charge is 0.494 e. The minimum atomic E-state index is 0.0963. The fourth-order valence-electron chi connectivity index (χ4n) is 2.78. The molecular formula is C17H18N4O3. The summed E-state index contributed by atoms with van der Waals surface area (Å²) >= 11 is 0. The Morgan fingerprint density at radius 1 is 1.12 bits per heavy atom. The second kappa shape index (κ2) is 6.35. The van der Waals surface area contributed by atoms with Crippen molar-refractivity contribution in [2.45, 2.75) is 18.9 Å². The van der Waals surface area contributed by atoms with Gasteiger partial charge in [-0.15, -0.1) is 0 Å². The Morgan fingerprint density at radius 3 is 2.58 bits per heavy atom. The van der Waals surface area contributed by atoms with Gasteiger partial charge in [0.05, 0.1) is 19.5 Å². The summed E-state index contributed by atoms with van der Waals surface area (Å²) in [5.74, 6) is 0.619. The lowest BCUT2D eigenvalue weighted by Crippen LogP contribution is -2.38. The lowest BCUT2D eigenvalue weighted by Gasteiger charge is -2.30. The lowest BCUT2D eigenvalue weighted by atomic mass is 10.1. The quantitative estimate of drug-likeness (QED) is 0.729. The van der Waals surface area contributed by atoms with Crippen molar-refractivity contribution in [3.8, 4) is 11.8 Å². The first-order valence-corrected chi connectivity index (χ1v) is 7.95. The summed E-state index contributed by atoms with van der Waals surface area (Å²) in [6.45, 7) is 1.65. The number of methoxy groups -OCH3 is 1. The molecule has 1 fully saturated rings. The Balaban J connectivity index is 1.37. The first-order valence-electron chi connectivity index (χ1n) is 7.95.